The second-order valence-electron chi connectivity index (χ2n) is 3.76. The van der Waals surface area contributed by atoms with Crippen molar-refractivity contribution in [2.45, 2.75) is 26.4 Å². The van der Waals surface area contributed by atoms with Crippen LogP contribution in [0.4, 0.5) is 4.39 Å². The van der Waals surface area contributed by atoms with Gasteiger partial charge in [0.1, 0.15) is 11.6 Å². The molecule has 0 aliphatic rings. The Kier molecular flexibility index (Phi) is 5.94. The molecule has 0 saturated heterocycles. The SMILES string of the molecule is CCOCCCOc1cc(F)ccc1[C@@H](C)O. The first-order valence-corrected chi connectivity index (χ1v) is 5.83. The number of aliphatic hydroxyl groups is 1. The lowest BCUT2D eigenvalue weighted by Gasteiger charge is -2.13. The Bertz CT molecular complexity index is 339. The van der Waals surface area contributed by atoms with Crippen LogP contribution in [0.5, 0.6) is 5.75 Å². The highest BCUT2D eigenvalue weighted by Crippen LogP contribution is 2.26. The maximum absolute atomic E-state index is 13.1. The lowest BCUT2D eigenvalue weighted by Crippen LogP contribution is -2.05. The molecule has 0 unspecified atom stereocenters. The number of ether oxygens (including phenoxy) is 2. The molecule has 0 bridgehead atoms. The van der Waals surface area contributed by atoms with Crippen LogP contribution in [0.25, 0.3) is 0 Å². The largest absolute Gasteiger partial charge is 0.493 e. The normalized spacial score (nSPS) is 12.5. The Morgan fingerprint density at radius 2 is 2.12 bits per heavy atom. The summed E-state index contributed by atoms with van der Waals surface area (Å²) in [5.41, 5.74) is 0.600. The minimum absolute atomic E-state index is 0.366. The summed E-state index contributed by atoms with van der Waals surface area (Å²) in [6.45, 7) is 5.30. The topological polar surface area (TPSA) is 38.7 Å². The first-order valence-electron chi connectivity index (χ1n) is 5.83. The van der Waals surface area contributed by atoms with Gasteiger partial charge in [0.05, 0.1) is 12.7 Å². The smallest absolute Gasteiger partial charge is 0.127 e. The van der Waals surface area contributed by atoms with Gasteiger partial charge >= 0.3 is 0 Å². The molecule has 0 fully saturated rings. The van der Waals surface area contributed by atoms with Crippen molar-refractivity contribution < 1.29 is 19.0 Å². The molecule has 4 heteroatoms. The highest BCUT2D eigenvalue weighted by Gasteiger charge is 2.10. The minimum Gasteiger partial charge on any atom is -0.493 e. The fraction of sp³-hybridized carbons (Fsp3) is 0.538. The van der Waals surface area contributed by atoms with E-state index in [1.807, 2.05) is 6.92 Å². The summed E-state index contributed by atoms with van der Waals surface area (Å²) >= 11 is 0. The van der Waals surface area contributed by atoms with Crippen molar-refractivity contribution >= 4 is 0 Å². The van der Waals surface area contributed by atoms with Crippen molar-refractivity contribution in [3.05, 3.63) is 29.6 Å². The lowest BCUT2D eigenvalue weighted by atomic mass is 10.1. The Morgan fingerprint density at radius 1 is 1.35 bits per heavy atom. The van der Waals surface area contributed by atoms with Crippen molar-refractivity contribution in [1.29, 1.82) is 0 Å². The number of aliphatic hydroxyl groups excluding tert-OH is 1. The first-order chi connectivity index (χ1) is 8.15. The van der Waals surface area contributed by atoms with Crippen molar-refractivity contribution in [2.75, 3.05) is 19.8 Å². The fourth-order valence-corrected chi connectivity index (χ4v) is 1.47. The summed E-state index contributed by atoms with van der Waals surface area (Å²) in [4.78, 5) is 0. The summed E-state index contributed by atoms with van der Waals surface area (Å²) < 4.78 is 23.7. The van der Waals surface area contributed by atoms with Crippen LogP contribution in [0.1, 0.15) is 31.9 Å². The van der Waals surface area contributed by atoms with Gasteiger partial charge in [-0.15, -0.1) is 0 Å². The van der Waals surface area contributed by atoms with Gasteiger partial charge in [-0.25, -0.2) is 4.39 Å². The molecule has 0 aliphatic heterocycles. The predicted octanol–water partition coefficient (Wildman–Crippen LogP) is 2.68. The molecular formula is C13H19FO3. The molecule has 1 aromatic rings. The highest BCUT2D eigenvalue weighted by atomic mass is 19.1. The van der Waals surface area contributed by atoms with E-state index >= 15 is 0 Å². The van der Waals surface area contributed by atoms with Gasteiger partial charge < -0.3 is 14.6 Å². The summed E-state index contributed by atoms with van der Waals surface area (Å²) in [5.74, 6) is 0.0331. The van der Waals surface area contributed by atoms with Crippen molar-refractivity contribution in [2.24, 2.45) is 0 Å². The number of hydrogen-bond donors (Lipinski definition) is 1. The van der Waals surface area contributed by atoms with Crippen molar-refractivity contribution in [1.82, 2.24) is 0 Å². The first kappa shape index (κ1) is 13.9. The van der Waals surface area contributed by atoms with E-state index in [0.717, 1.165) is 6.42 Å². The molecule has 0 saturated carbocycles. The minimum atomic E-state index is -0.669. The highest BCUT2D eigenvalue weighted by molar-refractivity contribution is 5.35. The van der Waals surface area contributed by atoms with Gasteiger partial charge in [0.25, 0.3) is 0 Å². The van der Waals surface area contributed by atoms with Gasteiger partial charge in [0.15, 0.2) is 0 Å². The van der Waals surface area contributed by atoms with Crippen LogP contribution in [-0.2, 0) is 4.74 Å². The van der Waals surface area contributed by atoms with E-state index in [9.17, 15) is 9.50 Å². The molecule has 1 aromatic carbocycles. The van der Waals surface area contributed by atoms with Crippen LogP contribution >= 0.6 is 0 Å². The molecule has 1 rings (SSSR count). The van der Waals surface area contributed by atoms with E-state index < -0.39 is 6.10 Å². The third-order valence-corrected chi connectivity index (χ3v) is 2.32. The van der Waals surface area contributed by atoms with Crippen LogP contribution in [0, 0.1) is 5.82 Å². The molecule has 1 N–H and O–H groups in total. The zero-order chi connectivity index (χ0) is 12.7. The molecular weight excluding hydrogens is 223 g/mol. The third kappa shape index (κ3) is 4.71. The number of halogens is 1. The van der Waals surface area contributed by atoms with Crippen LogP contribution in [0.2, 0.25) is 0 Å². The van der Waals surface area contributed by atoms with Crippen molar-refractivity contribution in [3.8, 4) is 5.75 Å². The summed E-state index contributed by atoms with van der Waals surface area (Å²) in [7, 11) is 0. The Labute approximate surface area is 101 Å². The van der Waals surface area contributed by atoms with Gasteiger partial charge in [0.2, 0.25) is 0 Å². The zero-order valence-corrected chi connectivity index (χ0v) is 10.3. The van der Waals surface area contributed by atoms with Crippen molar-refractivity contribution in [3.63, 3.8) is 0 Å². The molecule has 96 valence electrons. The molecule has 17 heavy (non-hydrogen) atoms. The number of rotatable bonds is 7. The molecule has 0 radical (unpaired) electrons. The Hall–Kier alpha value is -1.13. The fourth-order valence-electron chi connectivity index (χ4n) is 1.47. The quantitative estimate of drug-likeness (QED) is 0.747. The second-order valence-corrected chi connectivity index (χ2v) is 3.76. The monoisotopic (exact) mass is 242 g/mol. The second kappa shape index (κ2) is 7.25. The van der Waals surface area contributed by atoms with Crippen LogP contribution in [0.15, 0.2) is 18.2 Å². The Morgan fingerprint density at radius 3 is 2.76 bits per heavy atom. The summed E-state index contributed by atoms with van der Waals surface area (Å²) in [6.07, 6.45) is 0.0707. The summed E-state index contributed by atoms with van der Waals surface area (Å²) in [5, 5.41) is 9.51. The average Bonchev–Trinajstić information content (AvgIpc) is 2.28. The van der Waals surface area contributed by atoms with Gasteiger partial charge in [-0.05, 0) is 26.0 Å². The van der Waals surface area contributed by atoms with E-state index in [4.69, 9.17) is 9.47 Å². The molecule has 0 aliphatic carbocycles. The molecule has 0 aromatic heterocycles. The van der Waals surface area contributed by atoms with E-state index in [-0.39, 0.29) is 5.82 Å². The average molecular weight is 242 g/mol. The molecule has 0 heterocycles. The van der Waals surface area contributed by atoms with E-state index in [1.54, 1.807) is 6.92 Å². The van der Waals surface area contributed by atoms with Crippen LogP contribution in [0.3, 0.4) is 0 Å². The maximum Gasteiger partial charge on any atom is 0.127 e. The van der Waals surface area contributed by atoms with Gasteiger partial charge in [-0.1, -0.05) is 0 Å². The number of benzene rings is 1. The molecule has 0 spiro atoms. The van der Waals surface area contributed by atoms with Crippen LogP contribution in [-0.4, -0.2) is 24.9 Å². The number of hydrogen-bond acceptors (Lipinski definition) is 3. The maximum atomic E-state index is 13.1. The zero-order valence-electron chi connectivity index (χ0n) is 10.3. The molecule has 0 amide bonds. The van der Waals surface area contributed by atoms with E-state index in [0.29, 0.717) is 31.1 Å². The lowest BCUT2D eigenvalue weighted by molar-refractivity contribution is 0.129. The van der Waals surface area contributed by atoms with Gasteiger partial charge in [-0.2, -0.15) is 0 Å². The molecule has 1 atom stereocenters. The standard InChI is InChI=1S/C13H19FO3/c1-3-16-7-4-8-17-13-9-11(14)5-6-12(13)10(2)15/h5-6,9-10,15H,3-4,7-8H2,1-2H3/t10-/m1/s1. The third-order valence-electron chi connectivity index (χ3n) is 2.32. The van der Waals surface area contributed by atoms with Gasteiger partial charge in [0, 0.05) is 31.3 Å². The van der Waals surface area contributed by atoms with Gasteiger partial charge in [-0.3, -0.25) is 0 Å². The Balaban J connectivity index is 2.53. The van der Waals surface area contributed by atoms with E-state index in [2.05, 4.69) is 0 Å². The predicted molar refractivity (Wildman–Crippen MR) is 63.6 cm³/mol. The molecule has 3 nitrogen and oxygen atoms in total. The summed E-state index contributed by atoms with van der Waals surface area (Å²) in [6, 6.07) is 4.15. The van der Waals surface area contributed by atoms with E-state index in [1.165, 1.54) is 18.2 Å². The van der Waals surface area contributed by atoms with Crippen LogP contribution < -0.4 is 4.74 Å².